The number of sulfonamides is 1. The van der Waals surface area contributed by atoms with Crippen molar-refractivity contribution < 1.29 is 17.9 Å². The normalized spacial score (nSPS) is 11.3. The maximum Gasteiger partial charge on any atom is 0.240 e. The van der Waals surface area contributed by atoms with Crippen LogP contribution in [0.2, 0.25) is 5.02 Å². The van der Waals surface area contributed by atoms with E-state index >= 15 is 0 Å². The van der Waals surface area contributed by atoms with Gasteiger partial charge in [-0.05, 0) is 55.3 Å². The van der Waals surface area contributed by atoms with E-state index in [1.807, 2.05) is 19.1 Å². The van der Waals surface area contributed by atoms with E-state index < -0.39 is 10.0 Å². The fourth-order valence-electron chi connectivity index (χ4n) is 2.10. The molecule has 0 spiro atoms. The lowest BCUT2D eigenvalue weighted by atomic mass is 10.2. The van der Waals surface area contributed by atoms with E-state index in [1.54, 1.807) is 26.2 Å². The zero-order valence-electron chi connectivity index (χ0n) is 13.8. The number of hydrogen-bond acceptors (Lipinski definition) is 4. The van der Waals surface area contributed by atoms with Crippen LogP contribution >= 0.6 is 11.6 Å². The summed E-state index contributed by atoms with van der Waals surface area (Å²) in [6.07, 6.45) is 0. The molecule has 5 nitrogen and oxygen atoms in total. The quantitative estimate of drug-likeness (QED) is 0.760. The van der Waals surface area contributed by atoms with Crippen molar-refractivity contribution in [2.45, 2.75) is 18.7 Å². The highest BCUT2D eigenvalue weighted by Gasteiger charge is 2.14. The van der Waals surface area contributed by atoms with Crippen LogP contribution in [0.5, 0.6) is 11.5 Å². The zero-order chi connectivity index (χ0) is 17.7. The average Bonchev–Trinajstić information content (AvgIpc) is 2.55. The minimum atomic E-state index is -3.60. The molecule has 2 aromatic carbocycles. The first-order valence-corrected chi connectivity index (χ1v) is 9.23. The highest BCUT2D eigenvalue weighted by atomic mass is 35.5. The molecule has 130 valence electrons. The molecule has 0 atom stereocenters. The Morgan fingerprint density at radius 2 is 1.83 bits per heavy atom. The van der Waals surface area contributed by atoms with E-state index in [9.17, 15) is 8.42 Å². The number of methoxy groups -OCH3 is 1. The lowest BCUT2D eigenvalue weighted by molar-refractivity contribution is 0.298. The molecule has 1 N–H and O–H groups in total. The smallest absolute Gasteiger partial charge is 0.240 e. The van der Waals surface area contributed by atoms with Gasteiger partial charge >= 0.3 is 0 Å². The van der Waals surface area contributed by atoms with E-state index in [2.05, 4.69) is 4.72 Å². The molecule has 0 aliphatic rings. The number of halogens is 1. The molecule has 24 heavy (non-hydrogen) atoms. The van der Waals surface area contributed by atoms with Crippen molar-refractivity contribution in [3.63, 3.8) is 0 Å². The predicted molar refractivity (Wildman–Crippen MR) is 94.6 cm³/mol. The summed E-state index contributed by atoms with van der Waals surface area (Å²) in [5.74, 6) is 1.19. The van der Waals surface area contributed by atoms with Crippen LogP contribution in [0.3, 0.4) is 0 Å². The van der Waals surface area contributed by atoms with Gasteiger partial charge in [-0.25, -0.2) is 13.1 Å². The Balaban J connectivity index is 1.95. The lowest BCUT2D eigenvalue weighted by Gasteiger charge is -2.12. The zero-order valence-corrected chi connectivity index (χ0v) is 15.4. The van der Waals surface area contributed by atoms with Gasteiger partial charge in [0.2, 0.25) is 10.0 Å². The molecule has 0 radical (unpaired) electrons. The van der Waals surface area contributed by atoms with Crippen LogP contribution in [0.1, 0.15) is 11.1 Å². The van der Waals surface area contributed by atoms with Crippen LogP contribution in [0.15, 0.2) is 41.3 Å². The summed E-state index contributed by atoms with van der Waals surface area (Å²) in [6, 6.07) is 10.1. The summed E-state index contributed by atoms with van der Waals surface area (Å²) in [5.41, 5.74) is 1.76. The molecule has 0 saturated carbocycles. The van der Waals surface area contributed by atoms with E-state index in [1.165, 1.54) is 12.1 Å². The minimum absolute atomic E-state index is 0.140. The lowest BCUT2D eigenvalue weighted by Crippen LogP contribution is -2.28. The van der Waals surface area contributed by atoms with Gasteiger partial charge in [0.1, 0.15) is 6.61 Å². The van der Waals surface area contributed by atoms with Gasteiger partial charge in [0.05, 0.1) is 12.0 Å². The number of benzene rings is 2. The Morgan fingerprint density at radius 1 is 1.08 bits per heavy atom. The largest absolute Gasteiger partial charge is 0.493 e. The Morgan fingerprint density at radius 3 is 2.50 bits per heavy atom. The Hall–Kier alpha value is -1.76. The number of nitrogens with one attached hydrogen (secondary N) is 1. The third kappa shape index (κ3) is 4.63. The summed E-state index contributed by atoms with van der Waals surface area (Å²) in [4.78, 5) is 0.178. The van der Waals surface area contributed by atoms with Crippen LogP contribution in [-0.4, -0.2) is 28.7 Å². The van der Waals surface area contributed by atoms with Crippen molar-refractivity contribution in [3.05, 3.63) is 52.5 Å². The number of ether oxygens (including phenoxy) is 2. The topological polar surface area (TPSA) is 64.6 Å². The maximum atomic E-state index is 12.2. The van der Waals surface area contributed by atoms with Crippen molar-refractivity contribution in [2.24, 2.45) is 0 Å². The van der Waals surface area contributed by atoms with Crippen molar-refractivity contribution in [1.82, 2.24) is 4.72 Å². The fraction of sp³-hybridized carbons (Fsp3) is 0.294. The first-order valence-electron chi connectivity index (χ1n) is 7.37. The number of aryl methyl sites for hydroxylation is 2. The van der Waals surface area contributed by atoms with Crippen LogP contribution in [-0.2, 0) is 10.0 Å². The molecule has 0 unspecified atom stereocenters. The fourth-order valence-corrected chi connectivity index (χ4v) is 3.31. The first-order chi connectivity index (χ1) is 11.3. The first kappa shape index (κ1) is 18.6. The molecule has 0 bridgehead atoms. The third-order valence-electron chi connectivity index (χ3n) is 3.41. The molecule has 0 fully saturated rings. The minimum Gasteiger partial charge on any atom is -0.493 e. The van der Waals surface area contributed by atoms with Crippen LogP contribution in [0.25, 0.3) is 0 Å². The van der Waals surface area contributed by atoms with Gasteiger partial charge in [0.15, 0.2) is 11.5 Å². The molecule has 0 heterocycles. The van der Waals surface area contributed by atoms with Gasteiger partial charge in [-0.15, -0.1) is 0 Å². The van der Waals surface area contributed by atoms with Crippen molar-refractivity contribution in [2.75, 3.05) is 20.3 Å². The van der Waals surface area contributed by atoms with Crippen molar-refractivity contribution >= 4 is 21.6 Å². The molecule has 7 heteroatoms. The number of rotatable bonds is 7. The van der Waals surface area contributed by atoms with Crippen molar-refractivity contribution in [3.8, 4) is 11.5 Å². The predicted octanol–water partition coefficient (Wildman–Crippen LogP) is 3.32. The molecule has 0 saturated heterocycles. The maximum absolute atomic E-state index is 12.2. The summed E-state index contributed by atoms with van der Waals surface area (Å²) in [7, 11) is -2.03. The van der Waals surface area contributed by atoms with E-state index in [-0.39, 0.29) is 18.0 Å². The SMILES string of the molecule is COc1cc(C)ccc1OCCNS(=O)(=O)c1ccc(Cl)c(C)c1. The highest BCUT2D eigenvalue weighted by Crippen LogP contribution is 2.27. The molecule has 0 aliphatic carbocycles. The summed E-state index contributed by atoms with van der Waals surface area (Å²) in [5, 5.41) is 0.531. The van der Waals surface area contributed by atoms with E-state index in [4.69, 9.17) is 21.1 Å². The van der Waals surface area contributed by atoms with Gasteiger partial charge < -0.3 is 9.47 Å². The van der Waals surface area contributed by atoms with Gasteiger partial charge in [0.25, 0.3) is 0 Å². The van der Waals surface area contributed by atoms with Crippen LogP contribution in [0, 0.1) is 13.8 Å². The molecule has 0 aromatic heterocycles. The third-order valence-corrected chi connectivity index (χ3v) is 5.29. The van der Waals surface area contributed by atoms with Crippen LogP contribution in [0.4, 0.5) is 0 Å². The van der Waals surface area contributed by atoms with Gasteiger partial charge in [-0.2, -0.15) is 0 Å². The van der Waals surface area contributed by atoms with E-state index in [0.29, 0.717) is 22.1 Å². The summed E-state index contributed by atoms with van der Waals surface area (Å²) in [6.45, 7) is 4.04. The van der Waals surface area contributed by atoms with Gasteiger partial charge in [-0.3, -0.25) is 0 Å². The Bertz CT molecular complexity index is 821. The van der Waals surface area contributed by atoms with Gasteiger partial charge in [-0.1, -0.05) is 17.7 Å². The average molecular weight is 370 g/mol. The molecular weight excluding hydrogens is 350 g/mol. The van der Waals surface area contributed by atoms with Gasteiger partial charge in [0, 0.05) is 11.6 Å². The van der Waals surface area contributed by atoms with Crippen LogP contribution < -0.4 is 14.2 Å². The Kier molecular flexibility index (Phi) is 6.10. The molecule has 0 amide bonds. The van der Waals surface area contributed by atoms with Crippen molar-refractivity contribution in [1.29, 1.82) is 0 Å². The Labute approximate surface area is 147 Å². The summed E-state index contributed by atoms with van der Waals surface area (Å²) >= 11 is 5.92. The molecular formula is C17H20ClNO4S. The number of hydrogen-bond donors (Lipinski definition) is 1. The molecule has 2 rings (SSSR count). The van der Waals surface area contributed by atoms with E-state index in [0.717, 1.165) is 5.56 Å². The highest BCUT2D eigenvalue weighted by molar-refractivity contribution is 7.89. The molecule has 2 aromatic rings. The second-order valence-corrected chi connectivity index (χ2v) is 7.49. The monoisotopic (exact) mass is 369 g/mol. The second-order valence-electron chi connectivity index (χ2n) is 5.31. The molecule has 0 aliphatic heterocycles. The summed E-state index contributed by atoms with van der Waals surface area (Å²) < 4.78 is 37.8. The second kappa shape index (κ2) is 7.88. The standard InChI is InChI=1S/C17H20ClNO4S/c1-12-4-7-16(17(10-12)22-3)23-9-8-19-24(20,21)14-5-6-15(18)13(2)11-14/h4-7,10-11,19H,8-9H2,1-3H3.